The minimum atomic E-state index is -5.74. The van der Waals surface area contributed by atoms with Gasteiger partial charge in [-0.25, -0.2) is 4.79 Å². The molecule has 2 fully saturated rings. The van der Waals surface area contributed by atoms with Crippen LogP contribution in [0.15, 0.2) is 18.2 Å². The van der Waals surface area contributed by atoms with Gasteiger partial charge in [-0.1, -0.05) is 37.6 Å². The molecule has 0 spiro atoms. The number of ether oxygens (including phenoxy) is 1. The van der Waals surface area contributed by atoms with Gasteiger partial charge in [-0.05, 0) is 44.5 Å². The van der Waals surface area contributed by atoms with E-state index in [2.05, 4.69) is 26.5 Å². The van der Waals surface area contributed by atoms with Gasteiger partial charge in [0.25, 0.3) is 6.10 Å². The molecule has 0 radical (unpaired) electrons. The third-order valence-electron chi connectivity index (χ3n) is 7.74. The molecule has 216 valence electrons. The van der Waals surface area contributed by atoms with Gasteiger partial charge in [0.15, 0.2) is 0 Å². The Morgan fingerprint density at radius 3 is 2.11 bits per heavy atom. The van der Waals surface area contributed by atoms with Gasteiger partial charge in [-0.15, -0.1) is 0 Å². The summed E-state index contributed by atoms with van der Waals surface area (Å²) < 4.78 is 80.9. The first-order valence-electron chi connectivity index (χ1n) is 12.8. The molecular weight excluding hydrogens is 538 g/mol. The summed E-state index contributed by atoms with van der Waals surface area (Å²) in [7, 11) is 2.08. The van der Waals surface area contributed by atoms with E-state index < -0.39 is 30.1 Å². The summed E-state index contributed by atoms with van der Waals surface area (Å²) in [6.07, 6.45) is -15.8. The smallest absolute Gasteiger partial charge is 0.426 e. The van der Waals surface area contributed by atoms with Crippen LogP contribution in [0.1, 0.15) is 38.7 Å². The highest BCUT2D eigenvalue weighted by Gasteiger charge is 2.60. The number of piperidine rings is 1. The second-order valence-electron chi connectivity index (χ2n) is 9.97. The van der Waals surface area contributed by atoms with Crippen molar-refractivity contribution in [2.24, 2.45) is 0 Å². The molecule has 0 saturated carbocycles. The van der Waals surface area contributed by atoms with Gasteiger partial charge in [0.05, 0.1) is 10.7 Å². The summed E-state index contributed by atoms with van der Waals surface area (Å²) in [5, 5.41) is 0.674. The fraction of sp³-hybridized carbons (Fsp3) is 0.720. The minimum Gasteiger partial charge on any atom is -0.426 e. The molecule has 1 aromatic carbocycles. The SMILES string of the molecule is CCN(Cc1cccc(N2CCN(C)CC2)c1Cl)C1(CC)CCN(C(=O)OC(C(F)(F)F)C(F)(F)F)CC1. The molecule has 1 aromatic rings. The largest absolute Gasteiger partial charge is 0.434 e. The topological polar surface area (TPSA) is 39.3 Å². The predicted octanol–water partition coefficient (Wildman–Crippen LogP) is 5.79. The van der Waals surface area contributed by atoms with Crippen LogP contribution in [0.4, 0.5) is 36.8 Å². The molecule has 0 aromatic heterocycles. The van der Waals surface area contributed by atoms with Crippen molar-refractivity contribution in [3.8, 4) is 0 Å². The van der Waals surface area contributed by atoms with Crippen LogP contribution in [-0.4, -0.2) is 97.6 Å². The number of piperazine rings is 1. The van der Waals surface area contributed by atoms with Crippen molar-refractivity contribution >= 4 is 23.4 Å². The van der Waals surface area contributed by atoms with E-state index in [9.17, 15) is 31.1 Å². The molecule has 38 heavy (non-hydrogen) atoms. The van der Waals surface area contributed by atoms with Gasteiger partial charge < -0.3 is 19.4 Å². The molecule has 0 N–H and O–H groups in total. The monoisotopic (exact) mass is 572 g/mol. The zero-order chi connectivity index (χ0) is 28.3. The zero-order valence-electron chi connectivity index (χ0n) is 21.8. The Kier molecular flexibility index (Phi) is 9.73. The van der Waals surface area contributed by atoms with Gasteiger partial charge in [0, 0.05) is 51.4 Å². The molecule has 0 aliphatic carbocycles. The number of amides is 1. The van der Waals surface area contributed by atoms with E-state index in [4.69, 9.17) is 11.6 Å². The maximum Gasteiger partial charge on any atom is 0.434 e. The van der Waals surface area contributed by atoms with Crippen LogP contribution in [0.2, 0.25) is 5.02 Å². The highest BCUT2D eigenvalue weighted by Crippen LogP contribution is 2.39. The maximum absolute atomic E-state index is 12.8. The molecule has 0 atom stereocenters. The number of likely N-dealkylation sites (N-methyl/N-ethyl adjacent to an activating group) is 1. The molecule has 2 heterocycles. The van der Waals surface area contributed by atoms with E-state index in [1.807, 2.05) is 32.0 Å². The molecule has 3 rings (SSSR count). The molecule has 1 amide bonds. The van der Waals surface area contributed by atoms with Crippen LogP contribution >= 0.6 is 11.6 Å². The van der Waals surface area contributed by atoms with E-state index in [1.165, 1.54) is 0 Å². The van der Waals surface area contributed by atoms with Crippen LogP contribution in [0.5, 0.6) is 0 Å². The highest BCUT2D eigenvalue weighted by atomic mass is 35.5. The first-order valence-corrected chi connectivity index (χ1v) is 13.1. The van der Waals surface area contributed by atoms with Crippen molar-refractivity contribution in [1.82, 2.24) is 14.7 Å². The van der Waals surface area contributed by atoms with Gasteiger partial charge >= 0.3 is 18.4 Å². The fourth-order valence-corrected chi connectivity index (χ4v) is 5.60. The summed E-state index contributed by atoms with van der Waals surface area (Å²) in [6.45, 7) is 8.74. The van der Waals surface area contributed by atoms with Crippen molar-refractivity contribution in [1.29, 1.82) is 0 Å². The third kappa shape index (κ3) is 6.98. The van der Waals surface area contributed by atoms with Crippen LogP contribution in [0.3, 0.4) is 0 Å². The second kappa shape index (κ2) is 12.1. The summed E-state index contributed by atoms with van der Waals surface area (Å²) in [5.41, 5.74) is 1.52. The van der Waals surface area contributed by atoms with E-state index in [-0.39, 0.29) is 13.1 Å². The number of hydrogen-bond acceptors (Lipinski definition) is 5. The van der Waals surface area contributed by atoms with Crippen molar-refractivity contribution in [2.75, 3.05) is 57.8 Å². The zero-order valence-corrected chi connectivity index (χ0v) is 22.6. The highest BCUT2D eigenvalue weighted by molar-refractivity contribution is 6.34. The number of benzene rings is 1. The Morgan fingerprint density at radius 2 is 1.61 bits per heavy atom. The van der Waals surface area contributed by atoms with Gasteiger partial charge in [-0.2, -0.15) is 26.3 Å². The van der Waals surface area contributed by atoms with Crippen molar-refractivity contribution in [2.45, 2.75) is 63.7 Å². The number of alkyl halides is 6. The Bertz CT molecular complexity index is 931. The van der Waals surface area contributed by atoms with Crippen LogP contribution < -0.4 is 4.90 Å². The van der Waals surface area contributed by atoms with Crippen LogP contribution in [0, 0.1) is 0 Å². The minimum absolute atomic E-state index is 0.0132. The summed E-state index contributed by atoms with van der Waals surface area (Å²) in [4.78, 5) is 19.9. The number of halogens is 7. The molecule has 13 heteroatoms. The molecule has 6 nitrogen and oxygen atoms in total. The average Bonchev–Trinajstić information content (AvgIpc) is 2.86. The third-order valence-corrected chi connectivity index (χ3v) is 8.18. The van der Waals surface area contributed by atoms with E-state index in [0.29, 0.717) is 37.4 Å². The van der Waals surface area contributed by atoms with E-state index in [1.54, 1.807) is 0 Å². The molecule has 2 aliphatic heterocycles. The number of rotatable bonds is 7. The normalized spacial score (nSPS) is 19.4. The number of likely N-dealkylation sites (tertiary alicyclic amines) is 1. The number of hydrogen-bond donors (Lipinski definition) is 0. The molecule has 2 saturated heterocycles. The first-order chi connectivity index (χ1) is 17.7. The molecule has 2 aliphatic rings. The van der Waals surface area contributed by atoms with Gasteiger partial charge in [0.1, 0.15) is 0 Å². The van der Waals surface area contributed by atoms with Gasteiger partial charge in [-0.3, -0.25) is 4.90 Å². The molecule has 0 bridgehead atoms. The summed E-state index contributed by atoms with van der Waals surface area (Å²) in [5.74, 6) is 0. The van der Waals surface area contributed by atoms with E-state index >= 15 is 0 Å². The van der Waals surface area contributed by atoms with Crippen molar-refractivity contribution in [3.63, 3.8) is 0 Å². The van der Waals surface area contributed by atoms with Gasteiger partial charge in [0.2, 0.25) is 0 Å². The lowest BCUT2D eigenvalue weighted by molar-refractivity contribution is -0.308. The Balaban J connectivity index is 1.70. The Morgan fingerprint density at radius 1 is 1.03 bits per heavy atom. The van der Waals surface area contributed by atoms with Crippen LogP contribution in [0.25, 0.3) is 0 Å². The van der Waals surface area contributed by atoms with Crippen LogP contribution in [-0.2, 0) is 11.3 Å². The average molecular weight is 573 g/mol. The standard InChI is InChI=1S/C25H35ClF6N4O2/c1-4-23(9-11-35(12-10-23)22(37)38-21(24(27,28)29)25(30,31)32)36(5-2)17-18-7-6-8-19(20(18)26)34-15-13-33(3)14-16-34/h6-8,21H,4-5,9-17H2,1-3H3. The number of carbonyl (C=O) groups is 1. The Hall–Kier alpha value is -1.92. The summed E-state index contributed by atoms with van der Waals surface area (Å²) >= 11 is 6.86. The van der Waals surface area contributed by atoms with Crippen molar-refractivity contribution < 1.29 is 35.9 Å². The second-order valence-corrected chi connectivity index (χ2v) is 10.3. The lowest BCUT2D eigenvalue weighted by atomic mass is 9.83. The quantitative estimate of drug-likeness (QED) is 0.387. The summed E-state index contributed by atoms with van der Waals surface area (Å²) in [6, 6.07) is 5.94. The number of anilines is 1. The fourth-order valence-electron chi connectivity index (χ4n) is 5.29. The van der Waals surface area contributed by atoms with E-state index in [0.717, 1.165) is 42.3 Å². The van der Waals surface area contributed by atoms with Crippen molar-refractivity contribution in [3.05, 3.63) is 28.8 Å². The lowest BCUT2D eigenvalue weighted by Crippen LogP contribution is -2.56. The maximum atomic E-state index is 12.8. The number of carbonyl (C=O) groups excluding carboxylic acids is 1. The Labute approximate surface area is 224 Å². The molecule has 0 unspecified atom stereocenters. The lowest BCUT2D eigenvalue weighted by Gasteiger charge is -2.48. The first kappa shape index (κ1) is 30.6. The number of nitrogens with zero attached hydrogens (tertiary/aromatic N) is 4. The predicted molar refractivity (Wildman–Crippen MR) is 133 cm³/mol. The molecular formula is C25H35ClF6N4O2.